The lowest BCUT2D eigenvalue weighted by Crippen LogP contribution is -2.26. The fraction of sp³-hybridized carbons (Fsp3) is 0.364. The van der Waals surface area contributed by atoms with E-state index in [0.717, 1.165) is 0 Å². The summed E-state index contributed by atoms with van der Waals surface area (Å²) in [5, 5.41) is 17.8. The highest BCUT2D eigenvalue weighted by Gasteiger charge is 2.11. The molecule has 0 saturated carbocycles. The van der Waals surface area contributed by atoms with Gasteiger partial charge in [0.05, 0.1) is 5.75 Å². The summed E-state index contributed by atoms with van der Waals surface area (Å²) in [6.45, 7) is -0.0118. The van der Waals surface area contributed by atoms with Gasteiger partial charge in [0, 0.05) is 18.5 Å². The number of carboxylic acid groups (broad SMARTS) is 1. The van der Waals surface area contributed by atoms with Gasteiger partial charge >= 0.3 is 5.97 Å². The maximum Gasteiger partial charge on any atom is 0.303 e. The molecule has 100 valence electrons. The molecule has 0 aromatic heterocycles. The molecule has 0 amide bonds. The molecule has 0 heterocycles. The molecular weight excluding hydrogens is 258 g/mol. The molecule has 18 heavy (non-hydrogen) atoms. The Kier molecular flexibility index (Phi) is 5.11. The molecule has 0 fully saturated rings. The number of sulfonamides is 1. The van der Waals surface area contributed by atoms with Crippen molar-refractivity contribution in [1.29, 1.82) is 0 Å². The van der Waals surface area contributed by atoms with Gasteiger partial charge in [-0.2, -0.15) is 0 Å². The van der Waals surface area contributed by atoms with Crippen molar-refractivity contribution in [2.24, 2.45) is 0 Å². The predicted molar refractivity (Wildman–Crippen MR) is 65.6 cm³/mol. The smallest absolute Gasteiger partial charge is 0.303 e. The first-order valence-electron chi connectivity index (χ1n) is 5.37. The Morgan fingerprint density at radius 3 is 2.56 bits per heavy atom. The first kappa shape index (κ1) is 14.5. The fourth-order valence-electron chi connectivity index (χ4n) is 1.33. The molecule has 3 N–H and O–H groups in total. The monoisotopic (exact) mass is 273 g/mol. The van der Waals surface area contributed by atoms with Gasteiger partial charge in [0.15, 0.2) is 0 Å². The zero-order valence-electron chi connectivity index (χ0n) is 9.67. The molecule has 0 spiro atoms. The Balaban J connectivity index is 2.47. The largest absolute Gasteiger partial charge is 0.508 e. The van der Waals surface area contributed by atoms with Crippen LogP contribution in [0.4, 0.5) is 0 Å². The summed E-state index contributed by atoms with van der Waals surface area (Å²) in [5.74, 6) is -1.25. The number of aromatic hydroxyl groups is 1. The van der Waals surface area contributed by atoms with E-state index in [1.807, 2.05) is 0 Å². The maximum atomic E-state index is 11.5. The highest BCUT2D eigenvalue weighted by atomic mass is 32.2. The molecule has 1 rings (SSSR count). The zero-order chi connectivity index (χ0) is 13.6. The van der Waals surface area contributed by atoms with E-state index < -0.39 is 16.0 Å². The van der Waals surface area contributed by atoms with E-state index in [1.165, 1.54) is 6.07 Å². The first-order chi connectivity index (χ1) is 8.41. The van der Waals surface area contributed by atoms with E-state index in [-0.39, 0.29) is 30.9 Å². The minimum atomic E-state index is -3.52. The fourth-order valence-corrected chi connectivity index (χ4v) is 2.38. The first-order valence-corrected chi connectivity index (χ1v) is 7.02. The number of para-hydroxylation sites is 1. The third-order valence-corrected chi connectivity index (χ3v) is 3.69. The number of phenols is 1. The molecule has 0 bridgehead atoms. The van der Waals surface area contributed by atoms with E-state index in [2.05, 4.69) is 4.72 Å². The molecule has 0 radical (unpaired) electrons. The Morgan fingerprint density at radius 1 is 1.28 bits per heavy atom. The number of hydrogen-bond donors (Lipinski definition) is 3. The number of nitrogens with one attached hydrogen (secondary N) is 1. The standard InChI is InChI=1S/C11H15NO5S/c13-10-5-2-1-4-9(10)8-12-18(16,17)7-3-6-11(14)15/h1-2,4-5,12-13H,3,6-8H2,(H,14,15). The van der Waals surface area contributed by atoms with Crippen molar-refractivity contribution in [1.82, 2.24) is 4.72 Å². The van der Waals surface area contributed by atoms with Crippen molar-refractivity contribution in [2.75, 3.05) is 5.75 Å². The molecule has 0 aliphatic carbocycles. The second kappa shape index (κ2) is 6.36. The van der Waals surface area contributed by atoms with E-state index >= 15 is 0 Å². The Hall–Kier alpha value is -1.60. The lowest BCUT2D eigenvalue weighted by atomic mass is 10.2. The van der Waals surface area contributed by atoms with Gasteiger partial charge in [-0.3, -0.25) is 4.79 Å². The minimum Gasteiger partial charge on any atom is -0.508 e. The van der Waals surface area contributed by atoms with E-state index in [4.69, 9.17) is 5.11 Å². The minimum absolute atomic E-state index is 0.0118. The number of carbonyl (C=O) groups is 1. The van der Waals surface area contributed by atoms with Gasteiger partial charge < -0.3 is 10.2 Å². The molecule has 1 aromatic carbocycles. The summed E-state index contributed by atoms with van der Waals surface area (Å²) in [7, 11) is -3.52. The average Bonchev–Trinajstić information content (AvgIpc) is 2.27. The molecular formula is C11H15NO5S. The van der Waals surface area contributed by atoms with Crippen molar-refractivity contribution in [2.45, 2.75) is 19.4 Å². The molecule has 0 aliphatic rings. The Labute approximate surface area is 105 Å². The SMILES string of the molecule is O=C(O)CCCS(=O)(=O)NCc1ccccc1O. The Bertz CT molecular complexity index is 512. The predicted octanol–water partition coefficient (Wildman–Crippen LogP) is 0.676. The Morgan fingerprint density at radius 2 is 1.94 bits per heavy atom. The van der Waals surface area contributed by atoms with Crippen LogP contribution < -0.4 is 4.72 Å². The van der Waals surface area contributed by atoms with Crippen LogP contribution in [0.1, 0.15) is 18.4 Å². The summed E-state index contributed by atoms with van der Waals surface area (Å²) in [4.78, 5) is 10.3. The van der Waals surface area contributed by atoms with Crippen molar-refractivity contribution in [3.05, 3.63) is 29.8 Å². The lowest BCUT2D eigenvalue weighted by molar-refractivity contribution is -0.137. The van der Waals surface area contributed by atoms with Gasteiger partial charge in [0.1, 0.15) is 5.75 Å². The van der Waals surface area contributed by atoms with Crippen LogP contribution in [0.3, 0.4) is 0 Å². The lowest BCUT2D eigenvalue weighted by Gasteiger charge is -2.07. The third-order valence-electron chi connectivity index (χ3n) is 2.28. The normalized spacial score (nSPS) is 11.3. The number of aliphatic carboxylic acids is 1. The van der Waals surface area contributed by atoms with Crippen LogP contribution >= 0.6 is 0 Å². The molecule has 0 aliphatic heterocycles. The molecule has 0 saturated heterocycles. The summed E-state index contributed by atoms with van der Waals surface area (Å²) in [6, 6.07) is 6.40. The number of hydrogen-bond acceptors (Lipinski definition) is 4. The molecule has 7 heteroatoms. The maximum absolute atomic E-state index is 11.5. The second-order valence-corrected chi connectivity index (χ2v) is 5.69. The van der Waals surface area contributed by atoms with Crippen molar-refractivity contribution >= 4 is 16.0 Å². The molecule has 1 aromatic rings. The van der Waals surface area contributed by atoms with Crippen LogP contribution in [-0.4, -0.2) is 30.4 Å². The number of phenolic OH excluding ortho intramolecular Hbond substituents is 1. The van der Waals surface area contributed by atoms with Crippen molar-refractivity contribution in [3.8, 4) is 5.75 Å². The summed E-state index contributed by atoms with van der Waals surface area (Å²) in [6.07, 6.45) is -0.122. The van der Waals surface area contributed by atoms with Crippen LogP contribution in [0.25, 0.3) is 0 Å². The van der Waals surface area contributed by atoms with Gasteiger partial charge in [-0.1, -0.05) is 18.2 Å². The van der Waals surface area contributed by atoms with E-state index in [0.29, 0.717) is 5.56 Å². The van der Waals surface area contributed by atoms with Crippen LogP contribution in [0.5, 0.6) is 5.75 Å². The van der Waals surface area contributed by atoms with Gasteiger partial charge in [0.2, 0.25) is 10.0 Å². The van der Waals surface area contributed by atoms with Crippen LogP contribution in [0.2, 0.25) is 0 Å². The van der Waals surface area contributed by atoms with Gasteiger partial charge in [-0.05, 0) is 12.5 Å². The topological polar surface area (TPSA) is 104 Å². The van der Waals surface area contributed by atoms with E-state index in [1.54, 1.807) is 18.2 Å². The summed E-state index contributed by atoms with van der Waals surface area (Å²) < 4.78 is 25.3. The molecule has 0 unspecified atom stereocenters. The highest BCUT2D eigenvalue weighted by Crippen LogP contribution is 2.15. The summed E-state index contributed by atoms with van der Waals surface area (Å²) >= 11 is 0. The van der Waals surface area contributed by atoms with Crippen LogP contribution in [0, 0.1) is 0 Å². The number of rotatable bonds is 7. The van der Waals surface area contributed by atoms with Crippen molar-refractivity contribution < 1.29 is 23.4 Å². The van der Waals surface area contributed by atoms with Gasteiger partial charge in [-0.25, -0.2) is 13.1 Å². The summed E-state index contributed by atoms with van der Waals surface area (Å²) in [5.41, 5.74) is 0.472. The van der Waals surface area contributed by atoms with Crippen molar-refractivity contribution in [3.63, 3.8) is 0 Å². The number of carboxylic acids is 1. The quantitative estimate of drug-likeness (QED) is 0.677. The number of benzene rings is 1. The van der Waals surface area contributed by atoms with Crippen LogP contribution in [-0.2, 0) is 21.4 Å². The van der Waals surface area contributed by atoms with Gasteiger partial charge in [-0.15, -0.1) is 0 Å². The molecule has 0 atom stereocenters. The van der Waals surface area contributed by atoms with Crippen LogP contribution in [0.15, 0.2) is 24.3 Å². The highest BCUT2D eigenvalue weighted by molar-refractivity contribution is 7.89. The zero-order valence-corrected chi connectivity index (χ0v) is 10.5. The van der Waals surface area contributed by atoms with E-state index in [9.17, 15) is 18.3 Å². The molecule has 6 nitrogen and oxygen atoms in total. The average molecular weight is 273 g/mol. The second-order valence-electron chi connectivity index (χ2n) is 3.77. The third kappa shape index (κ3) is 5.15. The van der Waals surface area contributed by atoms with Gasteiger partial charge in [0.25, 0.3) is 0 Å².